The fourth-order valence-corrected chi connectivity index (χ4v) is 5.29. The molecule has 2 aromatic carbocycles. The first-order valence-electron chi connectivity index (χ1n) is 12.7. The molecular formula is C26H25ClF6N2O6S. The molecule has 1 saturated carbocycles. The van der Waals surface area contributed by atoms with E-state index in [1.165, 1.54) is 6.07 Å². The van der Waals surface area contributed by atoms with Crippen molar-refractivity contribution in [2.75, 3.05) is 26.0 Å². The maximum atomic E-state index is 15.0. The lowest BCUT2D eigenvalue weighted by molar-refractivity contribution is -0.216. The molecule has 0 aromatic heterocycles. The van der Waals surface area contributed by atoms with E-state index in [0.717, 1.165) is 18.2 Å². The van der Waals surface area contributed by atoms with Crippen LogP contribution in [0.3, 0.4) is 0 Å². The Morgan fingerprint density at radius 3 is 2.21 bits per heavy atom. The third kappa shape index (κ3) is 7.67. The van der Waals surface area contributed by atoms with Crippen LogP contribution < -0.4 is 4.74 Å². The van der Waals surface area contributed by atoms with Gasteiger partial charge in [0.1, 0.15) is 23.2 Å². The Balaban J connectivity index is 1.43. The lowest BCUT2D eigenvalue weighted by Gasteiger charge is -2.32. The van der Waals surface area contributed by atoms with Crippen molar-refractivity contribution in [3.8, 4) is 5.75 Å². The third-order valence-electron chi connectivity index (χ3n) is 6.88. The van der Waals surface area contributed by atoms with Crippen LogP contribution >= 0.6 is 11.6 Å². The van der Waals surface area contributed by atoms with Gasteiger partial charge in [-0.1, -0.05) is 16.1 Å². The number of carbonyl (C=O) groups excluding carboxylic acids is 2. The number of nitrogens with zero attached hydrogens (tertiary/aromatic N) is 2. The molecule has 1 aliphatic carbocycles. The van der Waals surface area contributed by atoms with E-state index < -0.39 is 55.6 Å². The monoisotopic (exact) mass is 642 g/mol. The summed E-state index contributed by atoms with van der Waals surface area (Å²) >= 11 is 5.76. The number of ether oxygens (including phenoxy) is 1. The normalized spacial score (nSPS) is 16.8. The van der Waals surface area contributed by atoms with Crippen molar-refractivity contribution >= 4 is 33.5 Å². The van der Waals surface area contributed by atoms with Gasteiger partial charge in [-0.15, -0.1) is 0 Å². The first-order valence-corrected chi connectivity index (χ1v) is 14.9. The molecule has 2 aromatic rings. The highest BCUT2D eigenvalue weighted by Gasteiger charge is 2.45. The summed E-state index contributed by atoms with van der Waals surface area (Å²) in [5, 5.41) is -0.174. The van der Waals surface area contributed by atoms with Gasteiger partial charge in [-0.2, -0.15) is 13.2 Å². The number of hydroxylamine groups is 1. The summed E-state index contributed by atoms with van der Waals surface area (Å²) in [6.45, 7) is 1.53. The largest absolute Gasteiger partial charge is 0.493 e. The number of amides is 1. The standard InChI is InChI=1S/C26H25ClF6N2O6S/c1-42(38,39)35(41-25(37)26(31,32)33)24(36)18-9-17(15-2-3-15)23(11-21(18)29)40-13-14-4-6-34(7-5-14)12-16-8-19(27)22(30)10-20(16)28/h8-11,14-15H,2-7,12-13H2,1H3. The number of carbonyl (C=O) groups is 2. The smallest absolute Gasteiger partial charge is 0.493 e. The predicted octanol–water partition coefficient (Wildman–Crippen LogP) is 5.35. The first-order chi connectivity index (χ1) is 19.5. The minimum Gasteiger partial charge on any atom is -0.493 e. The second kappa shape index (κ2) is 12.3. The van der Waals surface area contributed by atoms with E-state index >= 15 is 4.39 Å². The van der Waals surface area contributed by atoms with Gasteiger partial charge in [0.15, 0.2) is 0 Å². The number of piperidine rings is 1. The van der Waals surface area contributed by atoms with Gasteiger partial charge in [-0.05, 0) is 68.3 Å². The minimum absolute atomic E-state index is 0.0295. The van der Waals surface area contributed by atoms with Crippen LogP contribution in [0, 0.1) is 23.4 Å². The van der Waals surface area contributed by atoms with Gasteiger partial charge in [0.2, 0.25) is 0 Å². The maximum Gasteiger partial charge on any atom is 0.493 e. The van der Waals surface area contributed by atoms with Crippen LogP contribution in [-0.2, 0) is 26.2 Å². The second-order valence-electron chi connectivity index (χ2n) is 10.2. The van der Waals surface area contributed by atoms with Crippen molar-refractivity contribution in [1.29, 1.82) is 0 Å². The van der Waals surface area contributed by atoms with Crippen molar-refractivity contribution in [1.82, 2.24) is 9.37 Å². The number of alkyl halides is 3. The fraction of sp³-hybridized carbons (Fsp3) is 0.462. The summed E-state index contributed by atoms with van der Waals surface area (Å²) in [6.07, 6.45) is -2.71. The van der Waals surface area contributed by atoms with Crippen molar-refractivity contribution < 1.29 is 53.9 Å². The first kappa shape index (κ1) is 31.9. The van der Waals surface area contributed by atoms with Crippen molar-refractivity contribution in [3.05, 3.63) is 63.4 Å². The van der Waals surface area contributed by atoms with Gasteiger partial charge in [0, 0.05) is 24.2 Å². The van der Waals surface area contributed by atoms with Crippen LogP contribution in [0.25, 0.3) is 0 Å². The number of hydrogen-bond donors (Lipinski definition) is 0. The average molecular weight is 643 g/mol. The van der Waals surface area contributed by atoms with Gasteiger partial charge < -0.3 is 9.57 Å². The number of halogens is 7. The van der Waals surface area contributed by atoms with Crippen LogP contribution in [0.15, 0.2) is 24.3 Å². The third-order valence-corrected chi connectivity index (χ3v) is 8.01. The molecule has 1 heterocycles. The van der Waals surface area contributed by atoms with Gasteiger partial charge in [-0.25, -0.2) is 26.4 Å². The number of sulfonamides is 1. The van der Waals surface area contributed by atoms with Crippen molar-refractivity contribution in [2.45, 2.75) is 44.3 Å². The molecule has 42 heavy (non-hydrogen) atoms. The molecule has 8 nitrogen and oxygen atoms in total. The van der Waals surface area contributed by atoms with Crippen LogP contribution in [0.4, 0.5) is 26.3 Å². The Morgan fingerprint density at radius 1 is 1.00 bits per heavy atom. The zero-order chi connectivity index (χ0) is 31.0. The molecule has 2 fully saturated rings. The molecule has 230 valence electrons. The van der Waals surface area contributed by atoms with E-state index in [9.17, 15) is 40.0 Å². The molecule has 0 atom stereocenters. The summed E-state index contributed by atoms with van der Waals surface area (Å²) in [4.78, 5) is 29.7. The van der Waals surface area contributed by atoms with Crippen LogP contribution in [0.5, 0.6) is 5.75 Å². The highest BCUT2D eigenvalue weighted by Crippen LogP contribution is 2.45. The minimum atomic E-state index is -5.61. The van der Waals surface area contributed by atoms with Crippen LogP contribution in [-0.4, -0.2) is 61.8 Å². The SMILES string of the molecule is CS(=O)(=O)N(OC(=O)C(F)(F)F)C(=O)c1cc(C2CC2)c(OCC2CCN(Cc3cc(Cl)c(F)cc3F)CC2)cc1F. The number of hydrogen-bond acceptors (Lipinski definition) is 7. The van der Waals surface area contributed by atoms with E-state index in [-0.39, 0.29) is 41.3 Å². The number of benzene rings is 2. The molecular weight excluding hydrogens is 618 g/mol. The number of likely N-dealkylation sites (tertiary alicyclic amines) is 1. The van der Waals surface area contributed by atoms with Gasteiger partial charge in [0.25, 0.3) is 10.0 Å². The molecule has 0 radical (unpaired) electrons. The van der Waals surface area contributed by atoms with Crippen molar-refractivity contribution in [3.63, 3.8) is 0 Å². The Labute approximate surface area is 242 Å². The summed E-state index contributed by atoms with van der Waals surface area (Å²) in [7, 11) is -4.87. The molecule has 2 aliphatic rings. The van der Waals surface area contributed by atoms with E-state index in [1.54, 1.807) is 0 Å². The summed E-state index contributed by atoms with van der Waals surface area (Å²) in [5.74, 6) is -7.64. The topological polar surface area (TPSA) is 93.2 Å². The Bertz CT molecular complexity index is 1480. The van der Waals surface area contributed by atoms with E-state index in [2.05, 4.69) is 4.84 Å². The number of rotatable bonds is 8. The predicted molar refractivity (Wildman–Crippen MR) is 136 cm³/mol. The molecule has 1 amide bonds. The van der Waals surface area contributed by atoms with E-state index in [4.69, 9.17) is 16.3 Å². The molecule has 16 heteroatoms. The molecule has 0 spiro atoms. The summed E-state index contributed by atoms with van der Waals surface area (Å²) < 4.78 is 109. The zero-order valence-electron chi connectivity index (χ0n) is 22.0. The van der Waals surface area contributed by atoms with Crippen molar-refractivity contribution in [2.24, 2.45) is 5.92 Å². The Morgan fingerprint density at radius 2 is 1.64 bits per heavy atom. The Hall–Kier alpha value is -3.04. The zero-order valence-corrected chi connectivity index (χ0v) is 23.6. The second-order valence-corrected chi connectivity index (χ2v) is 12.4. The average Bonchev–Trinajstić information content (AvgIpc) is 3.73. The molecule has 4 rings (SSSR count). The Kier molecular flexibility index (Phi) is 9.33. The van der Waals surface area contributed by atoms with Gasteiger partial charge in [0.05, 0.1) is 23.4 Å². The van der Waals surface area contributed by atoms with Gasteiger partial charge >= 0.3 is 18.1 Å². The maximum absolute atomic E-state index is 15.0. The molecule has 0 unspecified atom stereocenters. The van der Waals surface area contributed by atoms with E-state index in [0.29, 0.717) is 50.6 Å². The molecule has 0 bridgehead atoms. The lowest BCUT2D eigenvalue weighted by atomic mass is 9.97. The highest BCUT2D eigenvalue weighted by molar-refractivity contribution is 7.88. The summed E-state index contributed by atoms with van der Waals surface area (Å²) in [6, 6.07) is 3.83. The molecule has 1 aliphatic heterocycles. The fourth-order valence-electron chi connectivity index (χ4n) is 4.50. The van der Waals surface area contributed by atoms with Gasteiger partial charge in [-0.3, -0.25) is 9.69 Å². The van der Waals surface area contributed by atoms with Crippen LogP contribution in [0.1, 0.15) is 53.1 Å². The molecule has 0 N–H and O–H groups in total. The van der Waals surface area contributed by atoms with E-state index in [1.807, 2.05) is 4.90 Å². The quantitative estimate of drug-likeness (QED) is 0.218. The van der Waals surface area contributed by atoms with Crippen LogP contribution in [0.2, 0.25) is 5.02 Å². The highest BCUT2D eigenvalue weighted by atomic mass is 35.5. The lowest BCUT2D eigenvalue weighted by Crippen LogP contribution is -2.42. The molecule has 1 saturated heterocycles. The summed E-state index contributed by atoms with van der Waals surface area (Å²) in [5.41, 5.74) is -0.291.